The fourth-order valence-electron chi connectivity index (χ4n) is 1.99. The summed E-state index contributed by atoms with van der Waals surface area (Å²) in [5, 5.41) is 11.3. The second kappa shape index (κ2) is 7.49. The van der Waals surface area contributed by atoms with Crippen molar-refractivity contribution in [3.8, 4) is 6.07 Å². The number of hydrogen-bond donors (Lipinski definition) is 1. The first-order valence-electron chi connectivity index (χ1n) is 6.95. The van der Waals surface area contributed by atoms with Gasteiger partial charge in [-0.1, -0.05) is 24.3 Å². The molecule has 0 atom stereocenters. The van der Waals surface area contributed by atoms with E-state index in [4.69, 9.17) is 5.26 Å². The van der Waals surface area contributed by atoms with Crippen LogP contribution in [0.3, 0.4) is 0 Å². The molecule has 5 nitrogen and oxygen atoms in total. The molecule has 0 heterocycles. The van der Waals surface area contributed by atoms with Crippen molar-refractivity contribution in [1.29, 1.82) is 5.26 Å². The summed E-state index contributed by atoms with van der Waals surface area (Å²) in [5.74, 6) is -2.04. The first kappa shape index (κ1) is 18.0. The average Bonchev–Trinajstić information content (AvgIpc) is 2.59. The molecule has 0 aliphatic carbocycles. The van der Waals surface area contributed by atoms with Crippen LogP contribution in [0.4, 0.5) is 18.9 Å². The fraction of sp³-hybridized carbons (Fsp3) is 0.118. The molecule has 0 saturated carbocycles. The van der Waals surface area contributed by atoms with Gasteiger partial charge in [0.05, 0.1) is 22.4 Å². The molecule has 128 valence electrons. The molecule has 0 aliphatic heterocycles. The number of para-hydroxylation sites is 1. The largest absolute Gasteiger partial charge is 0.452 e. The molecule has 2 aromatic carbocycles. The van der Waals surface area contributed by atoms with Gasteiger partial charge in [-0.3, -0.25) is 4.79 Å². The number of ether oxygens (including phenoxy) is 1. The molecule has 1 amide bonds. The number of esters is 1. The first-order chi connectivity index (χ1) is 11.8. The number of carbonyl (C=O) groups excluding carboxylic acids is 2. The lowest BCUT2D eigenvalue weighted by atomic mass is 10.1. The molecule has 2 aromatic rings. The highest BCUT2D eigenvalue weighted by atomic mass is 19.4. The number of hydrogen-bond acceptors (Lipinski definition) is 4. The monoisotopic (exact) mass is 348 g/mol. The SMILES string of the molecule is N#Cc1ccccc1NC(=O)COC(=O)c1ccccc1C(F)(F)F. The van der Waals surface area contributed by atoms with Crippen LogP contribution in [0.2, 0.25) is 0 Å². The summed E-state index contributed by atoms with van der Waals surface area (Å²) < 4.78 is 43.2. The van der Waals surface area contributed by atoms with Gasteiger partial charge in [0.1, 0.15) is 6.07 Å². The minimum absolute atomic E-state index is 0.199. The van der Waals surface area contributed by atoms with Gasteiger partial charge in [-0.2, -0.15) is 18.4 Å². The third kappa shape index (κ3) is 4.57. The lowest BCUT2D eigenvalue weighted by Crippen LogP contribution is -2.22. The Morgan fingerprint density at radius 3 is 2.40 bits per heavy atom. The van der Waals surface area contributed by atoms with E-state index in [1.165, 1.54) is 18.2 Å². The summed E-state index contributed by atoms with van der Waals surface area (Å²) in [6, 6.07) is 12.1. The van der Waals surface area contributed by atoms with Crippen LogP contribution in [-0.2, 0) is 15.7 Å². The summed E-state index contributed by atoms with van der Waals surface area (Å²) in [6.07, 6.45) is -4.72. The zero-order valence-electron chi connectivity index (χ0n) is 12.6. The van der Waals surface area contributed by atoms with Gasteiger partial charge in [0.25, 0.3) is 5.91 Å². The number of anilines is 1. The molecule has 0 spiro atoms. The topological polar surface area (TPSA) is 79.2 Å². The number of rotatable bonds is 4. The van der Waals surface area contributed by atoms with Crippen molar-refractivity contribution in [1.82, 2.24) is 0 Å². The van der Waals surface area contributed by atoms with Crippen LogP contribution in [0.25, 0.3) is 0 Å². The van der Waals surface area contributed by atoms with Gasteiger partial charge >= 0.3 is 12.1 Å². The molecule has 0 aliphatic rings. The number of carbonyl (C=O) groups is 2. The third-order valence-electron chi connectivity index (χ3n) is 3.11. The van der Waals surface area contributed by atoms with Gasteiger partial charge in [0.15, 0.2) is 6.61 Å². The third-order valence-corrected chi connectivity index (χ3v) is 3.11. The van der Waals surface area contributed by atoms with E-state index in [0.29, 0.717) is 0 Å². The highest BCUT2D eigenvalue weighted by molar-refractivity contribution is 5.96. The Hall–Kier alpha value is -3.34. The molecule has 8 heteroatoms. The zero-order valence-corrected chi connectivity index (χ0v) is 12.6. The van der Waals surface area contributed by atoms with Gasteiger partial charge in [0, 0.05) is 0 Å². The van der Waals surface area contributed by atoms with Gasteiger partial charge in [-0.15, -0.1) is 0 Å². The van der Waals surface area contributed by atoms with Crippen LogP contribution in [0.15, 0.2) is 48.5 Å². The van der Waals surface area contributed by atoms with Crippen molar-refractivity contribution in [2.75, 3.05) is 11.9 Å². The summed E-state index contributed by atoms with van der Waals surface area (Å²) in [7, 11) is 0. The van der Waals surface area contributed by atoms with Gasteiger partial charge in [-0.25, -0.2) is 4.79 Å². The molecule has 0 saturated heterocycles. The van der Waals surface area contributed by atoms with Crippen molar-refractivity contribution in [3.63, 3.8) is 0 Å². The number of nitriles is 1. The van der Waals surface area contributed by atoms with Gasteiger partial charge in [0.2, 0.25) is 0 Å². The summed E-state index contributed by atoms with van der Waals surface area (Å²) in [5.41, 5.74) is -1.42. The second-order valence-electron chi connectivity index (χ2n) is 4.83. The number of alkyl halides is 3. The van der Waals surface area contributed by atoms with Crippen molar-refractivity contribution < 1.29 is 27.5 Å². The van der Waals surface area contributed by atoms with E-state index in [-0.39, 0.29) is 11.3 Å². The Morgan fingerprint density at radius 2 is 1.72 bits per heavy atom. The number of amides is 1. The van der Waals surface area contributed by atoms with Crippen molar-refractivity contribution in [3.05, 3.63) is 65.2 Å². The van der Waals surface area contributed by atoms with E-state index in [1.54, 1.807) is 12.1 Å². The molecular formula is C17H11F3N2O3. The van der Waals surface area contributed by atoms with E-state index < -0.39 is 35.8 Å². The maximum Gasteiger partial charge on any atom is 0.417 e. The van der Waals surface area contributed by atoms with Crippen LogP contribution in [0.1, 0.15) is 21.5 Å². The maximum absolute atomic E-state index is 12.9. The Morgan fingerprint density at radius 1 is 1.08 bits per heavy atom. The predicted molar refractivity (Wildman–Crippen MR) is 81.5 cm³/mol. The summed E-state index contributed by atoms with van der Waals surface area (Å²) in [6.45, 7) is -0.787. The smallest absolute Gasteiger partial charge is 0.417 e. The minimum atomic E-state index is -4.72. The average molecular weight is 348 g/mol. The molecule has 1 N–H and O–H groups in total. The van der Waals surface area contributed by atoms with Crippen molar-refractivity contribution >= 4 is 17.6 Å². The Labute approximate surface area is 140 Å². The lowest BCUT2D eigenvalue weighted by molar-refractivity contribution is -0.138. The van der Waals surface area contributed by atoms with E-state index in [2.05, 4.69) is 10.1 Å². The standard InChI is InChI=1S/C17H11F3N2O3/c18-17(19,20)13-7-3-2-6-12(13)16(24)25-10-15(23)22-14-8-4-1-5-11(14)9-21/h1-8H,10H2,(H,22,23). The lowest BCUT2D eigenvalue weighted by Gasteiger charge is -2.12. The van der Waals surface area contributed by atoms with E-state index in [1.807, 2.05) is 6.07 Å². The van der Waals surface area contributed by atoms with E-state index in [9.17, 15) is 22.8 Å². The molecule has 0 radical (unpaired) electrons. The molecule has 0 aromatic heterocycles. The van der Waals surface area contributed by atoms with Crippen molar-refractivity contribution in [2.24, 2.45) is 0 Å². The summed E-state index contributed by atoms with van der Waals surface area (Å²) in [4.78, 5) is 23.6. The van der Waals surface area contributed by atoms with Crippen molar-refractivity contribution in [2.45, 2.75) is 6.18 Å². The Kier molecular flexibility index (Phi) is 5.39. The maximum atomic E-state index is 12.9. The highest BCUT2D eigenvalue weighted by Gasteiger charge is 2.35. The quantitative estimate of drug-likeness (QED) is 0.859. The van der Waals surface area contributed by atoms with Crippen LogP contribution < -0.4 is 5.32 Å². The van der Waals surface area contributed by atoms with Gasteiger partial charge < -0.3 is 10.1 Å². The second-order valence-corrected chi connectivity index (χ2v) is 4.83. The Bertz CT molecular complexity index is 842. The predicted octanol–water partition coefficient (Wildman–Crippen LogP) is 3.37. The summed E-state index contributed by atoms with van der Waals surface area (Å²) >= 11 is 0. The zero-order chi connectivity index (χ0) is 18.4. The van der Waals surface area contributed by atoms with Crippen LogP contribution in [0.5, 0.6) is 0 Å². The number of benzene rings is 2. The molecular weight excluding hydrogens is 337 g/mol. The van der Waals surface area contributed by atoms with Gasteiger partial charge in [-0.05, 0) is 24.3 Å². The van der Waals surface area contributed by atoms with E-state index >= 15 is 0 Å². The first-order valence-corrected chi connectivity index (χ1v) is 6.95. The number of halogens is 3. The van der Waals surface area contributed by atoms with E-state index in [0.717, 1.165) is 18.2 Å². The molecule has 2 rings (SSSR count). The van der Waals surface area contributed by atoms with Crippen LogP contribution in [0, 0.1) is 11.3 Å². The van der Waals surface area contributed by atoms with Crippen LogP contribution in [-0.4, -0.2) is 18.5 Å². The Balaban J connectivity index is 2.04. The fourth-order valence-corrected chi connectivity index (χ4v) is 1.99. The van der Waals surface area contributed by atoms with Crippen LogP contribution >= 0.6 is 0 Å². The number of nitrogens with zero attached hydrogens (tertiary/aromatic N) is 1. The highest BCUT2D eigenvalue weighted by Crippen LogP contribution is 2.32. The normalized spacial score (nSPS) is 10.6. The molecule has 0 unspecified atom stereocenters. The minimum Gasteiger partial charge on any atom is -0.452 e. The molecule has 25 heavy (non-hydrogen) atoms. The molecule has 0 fully saturated rings. The molecule has 0 bridgehead atoms. The number of nitrogens with one attached hydrogen (secondary N) is 1.